The van der Waals surface area contributed by atoms with Crippen LogP contribution in [0.15, 0.2) is 6.07 Å². The Hall–Kier alpha value is -1.03. The molecule has 1 aromatic rings. The molecule has 0 amide bonds. The minimum Gasteiger partial charge on any atom is -0.493 e. The van der Waals surface area contributed by atoms with E-state index in [4.69, 9.17) is 21.8 Å². The Morgan fingerprint density at radius 3 is 2.20 bits per heavy atom. The van der Waals surface area contributed by atoms with Crippen molar-refractivity contribution >= 4 is 11.6 Å². The third-order valence-electron chi connectivity index (χ3n) is 0.865. The van der Waals surface area contributed by atoms with Gasteiger partial charge in [0, 0.05) is 0 Å². The molecule has 54 valence electrons. The summed E-state index contributed by atoms with van der Waals surface area (Å²) in [5, 5.41) is 17.5. The van der Waals surface area contributed by atoms with Crippen LogP contribution in [0, 0.1) is 0 Å². The van der Waals surface area contributed by atoms with Crippen LogP contribution in [0.25, 0.3) is 0 Å². The zero-order chi connectivity index (χ0) is 7.56. The third-order valence-corrected chi connectivity index (χ3v) is 1.10. The molecule has 0 fully saturated rings. The summed E-state index contributed by atoms with van der Waals surface area (Å²) >= 11 is 5.32. The average molecular weight is 161 g/mol. The van der Waals surface area contributed by atoms with Crippen LogP contribution in [-0.2, 0) is 5.88 Å². The van der Waals surface area contributed by atoms with Gasteiger partial charge in [0.25, 0.3) is 0 Å². The van der Waals surface area contributed by atoms with E-state index in [2.05, 4.69) is 9.97 Å². The molecule has 0 spiro atoms. The van der Waals surface area contributed by atoms with Crippen molar-refractivity contribution in [1.29, 1.82) is 0 Å². The number of aromatic nitrogens is 2. The van der Waals surface area contributed by atoms with Crippen molar-refractivity contribution in [2.75, 3.05) is 0 Å². The molecule has 0 aromatic carbocycles. The molecule has 0 bridgehead atoms. The second-order valence-corrected chi connectivity index (χ2v) is 1.90. The summed E-state index contributed by atoms with van der Waals surface area (Å²) in [6.07, 6.45) is 0. The van der Waals surface area contributed by atoms with Crippen LogP contribution in [0.5, 0.6) is 11.8 Å². The fraction of sp³-hybridized carbons (Fsp3) is 0.200. The monoisotopic (exact) mass is 160 g/mol. The first kappa shape index (κ1) is 7.08. The van der Waals surface area contributed by atoms with E-state index < -0.39 is 0 Å². The van der Waals surface area contributed by atoms with Gasteiger partial charge in [-0.05, 0) is 0 Å². The molecule has 0 aliphatic heterocycles. The molecule has 0 atom stereocenters. The molecule has 4 nitrogen and oxygen atoms in total. The van der Waals surface area contributed by atoms with Crippen LogP contribution in [0.4, 0.5) is 0 Å². The van der Waals surface area contributed by atoms with E-state index in [1.807, 2.05) is 0 Å². The van der Waals surface area contributed by atoms with E-state index in [-0.39, 0.29) is 23.5 Å². The Labute approximate surface area is 62.1 Å². The SMILES string of the molecule is Oc1cc(O)nc(CCl)n1. The van der Waals surface area contributed by atoms with Crippen molar-refractivity contribution in [3.8, 4) is 11.8 Å². The third kappa shape index (κ3) is 1.48. The normalized spacial score (nSPS) is 9.70. The molecule has 2 N–H and O–H groups in total. The molecule has 0 radical (unpaired) electrons. The highest BCUT2D eigenvalue weighted by Gasteiger charge is 1.99. The Kier molecular flexibility index (Phi) is 1.91. The van der Waals surface area contributed by atoms with E-state index in [9.17, 15) is 0 Å². The molecule has 10 heavy (non-hydrogen) atoms. The van der Waals surface area contributed by atoms with Gasteiger partial charge in [-0.2, -0.15) is 9.97 Å². The van der Waals surface area contributed by atoms with Crippen molar-refractivity contribution in [3.05, 3.63) is 11.9 Å². The first-order valence-corrected chi connectivity index (χ1v) is 3.07. The Balaban J connectivity index is 3.06. The number of nitrogens with zero attached hydrogens (tertiary/aromatic N) is 2. The lowest BCUT2D eigenvalue weighted by molar-refractivity contribution is 0.418. The number of hydrogen-bond donors (Lipinski definition) is 2. The molecule has 0 aliphatic rings. The van der Waals surface area contributed by atoms with Crippen LogP contribution in [0.3, 0.4) is 0 Å². The maximum absolute atomic E-state index is 8.76. The maximum atomic E-state index is 8.76. The van der Waals surface area contributed by atoms with Gasteiger partial charge >= 0.3 is 0 Å². The molecule has 1 aromatic heterocycles. The summed E-state index contributed by atoms with van der Waals surface area (Å²) < 4.78 is 0. The molecular weight excluding hydrogens is 156 g/mol. The largest absolute Gasteiger partial charge is 0.493 e. The zero-order valence-electron chi connectivity index (χ0n) is 4.95. The minimum absolute atomic E-state index is 0.0714. The van der Waals surface area contributed by atoms with E-state index in [1.54, 1.807) is 0 Å². The van der Waals surface area contributed by atoms with Crippen LogP contribution in [-0.4, -0.2) is 20.2 Å². The van der Waals surface area contributed by atoms with Crippen LogP contribution >= 0.6 is 11.6 Å². The summed E-state index contributed by atoms with van der Waals surface area (Å²) in [7, 11) is 0. The van der Waals surface area contributed by atoms with E-state index in [0.29, 0.717) is 0 Å². The summed E-state index contributed by atoms with van der Waals surface area (Å²) in [4.78, 5) is 7.01. The van der Waals surface area contributed by atoms with E-state index in [1.165, 1.54) is 0 Å². The molecule has 1 rings (SSSR count). The van der Waals surface area contributed by atoms with Crippen molar-refractivity contribution in [2.45, 2.75) is 5.88 Å². The van der Waals surface area contributed by atoms with Gasteiger partial charge in [0.05, 0.1) is 11.9 Å². The average Bonchev–Trinajstić information content (AvgIpc) is 1.85. The highest BCUT2D eigenvalue weighted by atomic mass is 35.5. The van der Waals surface area contributed by atoms with Gasteiger partial charge in [-0.3, -0.25) is 0 Å². The molecule has 0 aliphatic carbocycles. The van der Waals surface area contributed by atoms with Crippen molar-refractivity contribution in [3.63, 3.8) is 0 Å². The molecule has 0 saturated carbocycles. The fourth-order valence-electron chi connectivity index (χ4n) is 0.529. The number of alkyl halides is 1. The van der Waals surface area contributed by atoms with Gasteiger partial charge in [-0.25, -0.2) is 0 Å². The maximum Gasteiger partial charge on any atom is 0.218 e. The molecule has 1 heterocycles. The molecule has 0 saturated heterocycles. The molecular formula is C5H5ClN2O2. The van der Waals surface area contributed by atoms with Crippen LogP contribution in [0.1, 0.15) is 5.82 Å². The predicted molar refractivity (Wildman–Crippen MR) is 34.9 cm³/mol. The number of aromatic hydroxyl groups is 2. The summed E-state index contributed by atoms with van der Waals surface area (Å²) in [6.45, 7) is 0. The Morgan fingerprint density at radius 1 is 1.30 bits per heavy atom. The summed E-state index contributed by atoms with van der Waals surface area (Å²) in [5.41, 5.74) is 0. The lowest BCUT2D eigenvalue weighted by Crippen LogP contribution is -1.89. The topological polar surface area (TPSA) is 66.2 Å². The van der Waals surface area contributed by atoms with Crippen molar-refractivity contribution < 1.29 is 10.2 Å². The minimum atomic E-state index is -0.275. The highest BCUT2D eigenvalue weighted by Crippen LogP contribution is 2.12. The first-order chi connectivity index (χ1) is 4.72. The first-order valence-electron chi connectivity index (χ1n) is 2.54. The lowest BCUT2D eigenvalue weighted by Gasteiger charge is -1.95. The Bertz CT molecular complexity index is 221. The number of rotatable bonds is 1. The second-order valence-electron chi connectivity index (χ2n) is 1.63. The molecule has 5 heteroatoms. The van der Waals surface area contributed by atoms with Gasteiger partial charge in [-0.1, -0.05) is 0 Å². The van der Waals surface area contributed by atoms with Gasteiger partial charge in [0.1, 0.15) is 0 Å². The van der Waals surface area contributed by atoms with Gasteiger partial charge < -0.3 is 10.2 Å². The second kappa shape index (κ2) is 2.70. The van der Waals surface area contributed by atoms with Gasteiger partial charge in [0.2, 0.25) is 11.8 Å². The summed E-state index contributed by atoms with van der Waals surface area (Å²) in [5.74, 6) is -0.271. The van der Waals surface area contributed by atoms with Crippen molar-refractivity contribution in [1.82, 2.24) is 9.97 Å². The van der Waals surface area contributed by atoms with E-state index >= 15 is 0 Å². The van der Waals surface area contributed by atoms with Gasteiger partial charge in [0.15, 0.2) is 5.82 Å². The number of halogens is 1. The standard InChI is InChI=1S/C5H5ClN2O2/c6-2-3-7-4(9)1-5(10)8-3/h1H,2H2,(H2,7,8,9,10). The Morgan fingerprint density at radius 2 is 1.80 bits per heavy atom. The van der Waals surface area contributed by atoms with E-state index in [0.717, 1.165) is 6.07 Å². The lowest BCUT2D eigenvalue weighted by atomic mass is 10.5. The number of hydrogen-bond acceptors (Lipinski definition) is 4. The highest BCUT2D eigenvalue weighted by molar-refractivity contribution is 6.16. The molecule has 0 unspecified atom stereocenters. The van der Waals surface area contributed by atoms with Crippen LogP contribution in [0.2, 0.25) is 0 Å². The summed E-state index contributed by atoms with van der Waals surface area (Å²) in [6, 6.07) is 1.04. The van der Waals surface area contributed by atoms with Crippen LogP contribution < -0.4 is 0 Å². The fourth-order valence-corrected chi connectivity index (χ4v) is 0.649. The van der Waals surface area contributed by atoms with Crippen molar-refractivity contribution in [2.24, 2.45) is 0 Å². The zero-order valence-corrected chi connectivity index (χ0v) is 5.71. The van der Waals surface area contributed by atoms with Gasteiger partial charge in [-0.15, -0.1) is 11.6 Å². The smallest absolute Gasteiger partial charge is 0.218 e. The predicted octanol–water partition coefficient (Wildman–Crippen LogP) is 0.627. The quantitative estimate of drug-likeness (QED) is 0.592.